The fourth-order valence-electron chi connectivity index (χ4n) is 2.34. The lowest BCUT2D eigenvalue weighted by molar-refractivity contribution is -0.131. The van der Waals surface area contributed by atoms with Gasteiger partial charge >= 0.3 is 5.97 Å². The van der Waals surface area contributed by atoms with E-state index in [1.54, 1.807) is 18.2 Å². The number of aryl methyl sites for hydroxylation is 2. The number of benzene rings is 2. The zero-order valence-corrected chi connectivity index (χ0v) is 16.7. The fraction of sp³-hybridized carbons (Fsp3) is 0.190. The van der Waals surface area contributed by atoms with E-state index in [1.165, 1.54) is 11.8 Å². The van der Waals surface area contributed by atoms with Gasteiger partial charge in [-0.2, -0.15) is 0 Å². The van der Waals surface area contributed by atoms with Gasteiger partial charge in [-0.15, -0.1) is 11.8 Å². The van der Waals surface area contributed by atoms with Crippen molar-refractivity contribution in [2.45, 2.75) is 30.9 Å². The van der Waals surface area contributed by atoms with E-state index in [4.69, 9.17) is 5.11 Å². The molecule has 0 aliphatic rings. The highest BCUT2D eigenvalue weighted by Crippen LogP contribution is 2.27. The molecule has 1 atom stereocenters. The Morgan fingerprint density at radius 2 is 1.79 bits per heavy atom. The van der Waals surface area contributed by atoms with Crippen molar-refractivity contribution in [2.24, 2.45) is 0 Å². The molecular formula is C21H22N2O4S. The molecule has 146 valence electrons. The van der Waals surface area contributed by atoms with E-state index in [1.807, 2.05) is 45.0 Å². The number of carbonyl (C=O) groups excluding carboxylic acids is 2. The van der Waals surface area contributed by atoms with Gasteiger partial charge in [0.25, 0.3) is 0 Å². The first-order chi connectivity index (χ1) is 13.2. The maximum Gasteiger partial charge on any atom is 0.328 e. The van der Waals surface area contributed by atoms with Gasteiger partial charge in [-0.3, -0.25) is 9.59 Å². The number of carboxylic acid groups (broad SMARTS) is 1. The second kappa shape index (κ2) is 9.75. The average molecular weight is 398 g/mol. The number of aliphatic carboxylic acids is 1. The maximum atomic E-state index is 12.5. The lowest BCUT2D eigenvalue weighted by atomic mass is 10.1. The van der Waals surface area contributed by atoms with Crippen LogP contribution in [0, 0.1) is 13.8 Å². The average Bonchev–Trinajstić information content (AvgIpc) is 2.63. The van der Waals surface area contributed by atoms with Crippen LogP contribution in [0.2, 0.25) is 0 Å². The molecule has 0 fully saturated rings. The summed E-state index contributed by atoms with van der Waals surface area (Å²) in [5.74, 6) is -1.84. The number of amides is 2. The molecule has 0 radical (unpaired) electrons. The summed E-state index contributed by atoms with van der Waals surface area (Å²) in [6.45, 7) is 5.72. The Kier molecular flexibility index (Phi) is 7.40. The van der Waals surface area contributed by atoms with E-state index >= 15 is 0 Å². The van der Waals surface area contributed by atoms with Gasteiger partial charge in [0.2, 0.25) is 11.8 Å². The van der Waals surface area contributed by atoms with Gasteiger partial charge in [0.05, 0.1) is 5.25 Å². The van der Waals surface area contributed by atoms with E-state index in [0.717, 1.165) is 33.9 Å². The van der Waals surface area contributed by atoms with E-state index < -0.39 is 11.9 Å². The van der Waals surface area contributed by atoms with Crippen molar-refractivity contribution in [1.29, 1.82) is 0 Å². The predicted molar refractivity (Wildman–Crippen MR) is 112 cm³/mol. The van der Waals surface area contributed by atoms with Crippen molar-refractivity contribution in [3.8, 4) is 0 Å². The lowest BCUT2D eigenvalue weighted by Crippen LogP contribution is -2.22. The normalized spacial score (nSPS) is 11.8. The third-order valence-corrected chi connectivity index (χ3v) is 4.91. The zero-order chi connectivity index (χ0) is 20.7. The highest BCUT2D eigenvalue weighted by molar-refractivity contribution is 8.00. The molecule has 7 heteroatoms. The van der Waals surface area contributed by atoms with Crippen LogP contribution in [0.1, 0.15) is 18.1 Å². The van der Waals surface area contributed by atoms with Crippen molar-refractivity contribution in [3.05, 3.63) is 65.7 Å². The summed E-state index contributed by atoms with van der Waals surface area (Å²) in [5, 5.41) is 13.7. The number of rotatable bonds is 7. The van der Waals surface area contributed by atoms with E-state index in [2.05, 4.69) is 10.6 Å². The Morgan fingerprint density at radius 3 is 2.50 bits per heavy atom. The minimum absolute atomic E-state index is 0.113. The van der Waals surface area contributed by atoms with Crippen molar-refractivity contribution in [3.63, 3.8) is 0 Å². The van der Waals surface area contributed by atoms with Crippen LogP contribution >= 0.6 is 11.8 Å². The second-order valence-corrected chi connectivity index (χ2v) is 7.67. The third-order valence-electron chi connectivity index (χ3n) is 3.81. The van der Waals surface area contributed by atoms with Crippen LogP contribution in [0.4, 0.5) is 11.4 Å². The molecule has 2 aromatic carbocycles. The van der Waals surface area contributed by atoms with Crippen molar-refractivity contribution in [1.82, 2.24) is 0 Å². The Labute approximate surface area is 168 Å². The lowest BCUT2D eigenvalue weighted by Gasteiger charge is -2.14. The molecule has 28 heavy (non-hydrogen) atoms. The molecule has 0 spiro atoms. The molecule has 2 aromatic rings. The van der Waals surface area contributed by atoms with Crippen LogP contribution < -0.4 is 10.6 Å². The molecule has 3 N–H and O–H groups in total. The highest BCUT2D eigenvalue weighted by atomic mass is 32.2. The first-order valence-corrected chi connectivity index (χ1v) is 9.49. The van der Waals surface area contributed by atoms with Gasteiger partial charge in [0, 0.05) is 28.4 Å². The fourth-order valence-corrected chi connectivity index (χ4v) is 3.27. The SMILES string of the molecule is Cc1ccc(C)c(NC(=O)C(C)Sc2cccc(NC(=O)/C=C/C(=O)O)c2)c1. The zero-order valence-electron chi connectivity index (χ0n) is 15.9. The molecular weight excluding hydrogens is 376 g/mol. The van der Waals surface area contributed by atoms with Gasteiger partial charge in [0.15, 0.2) is 0 Å². The Morgan fingerprint density at radius 1 is 1.04 bits per heavy atom. The minimum atomic E-state index is -1.19. The minimum Gasteiger partial charge on any atom is -0.478 e. The first-order valence-electron chi connectivity index (χ1n) is 8.61. The molecule has 0 heterocycles. The largest absolute Gasteiger partial charge is 0.478 e. The van der Waals surface area contributed by atoms with Crippen molar-refractivity contribution in [2.75, 3.05) is 10.6 Å². The van der Waals surface area contributed by atoms with E-state index in [-0.39, 0.29) is 11.2 Å². The highest BCUT2D eigenvalue weighted by Gasteiger charge is 2.16. The summed E-state index contributed by atoms with van der Waals surface area (Å²) >= 11 is 1.37. The monoisotopic (exact) mass is 398 g/mol. The summed E-state index contributed by atoms with van der Waals surface area (Å²) in [6.07, 6.45) is 1.72. The third kappa shape index (κ3) is 6.59. The second-order valence-electron chi connectivity index (χ2n) is 6.26. The summed E-state index contributed by atoms with van der Waals surface area (Å²) in [5.41, 5.74) is 3.38. The van der Waals surface area contributed by atoms with Crippen molar-refractivity contribution < 1.29 is 19.5 Å². The number of hydrogen-bond acceptors (Lipinski definition) is 4. The van der Waals surface area contributed by atoms with Crippen LogP contribution in [0.25, 0.3) is 0 Å². The Bertz CT molecular complexity index is 924. The Balaban J connectivity index is 2.00. The molecule has 1 unspecified atom stereocenters. The number of anilines is 2. The molecule has 2 rings (SSSR count). The standard InChI is InChI=1S/C21H22N2O4S/c1-13-7-8-14(2)18(11-13)23-21(27)15(3)28-17-6-4-5-16(12-17)22-19(24)9-10-20(25)26/h4-12,15H,1-3H3,(H,22,24)(H,23,27)(H,25,26)/b10-9+. The molecule has 0 aliphatic carbocycles. The van der Waals surface area contributed by atoms with Crippen molar-refractivity contribution >= 4 is 40.9 Å². The molecule has 0 bridgehead atoms. The number of hydrogen-bond donors (Lipinski definition) is 3. The van der Waals surface area contributed by atoms with Crippen LogP contribution in [-0.4, -0.2) is 28.1 Å². The van der Waals surface area contributed by atoms with E-state index in [9.17, 15) is 14.4 Å². The predicted octanol–water partition coefficient (Wildman–Crippen LogP) is 4.00. The summed E-state index contributed by atoms with van der Waals surface area (Å²) in [6, 6.07) is 12.9. The van der Waals surface area contributed by atoms with Gasteiger partial charge < -0.3 is 15.7 Å². The first kappa shape index (κ1) is 21.2. The molecule has 0 saturated heterocycles. The topological polar surface area (TPSA) is 95.5 Å². The summed E-state index contributed by atoms with van der Waals surface area (Å²) < 4.78 is 0. The molecule has 6 nitrogen and oxygen atoms in total. The number of carbonyl (C=O) groups is 3. The number of nitrogens with one attached hydrogen (secondary N) is 2. The van der Waals surface area contributed by atoms with Crippen LogP contribution in [-0.2, 0) is 14.4 Å². The van der Waals surface area contributed by atoms with Crippen LogP contribution in [0.5, 0.6) is 0 Å². The summed E-state index contributed by atoms with van der Waals surface area (Å²) in [4.78, 5) is 35.5. The smallest absolute Gasteiger partial charge is 0.328 e. The van der Waals surface area contributed by atoms with Gasteiger partial charge in [-0.05, 0) is 56.2 Å². The van der Waals surface area contributed by atoms with Crippen LogP contribution in [0.15, 0.2) is 59.5 Å². The quantitative estimate of drug-likeness (QED) is 0.484. The molecule has 0 aliphatic heterocycles. The molecule has 0 saturated carbocycles. The van der Waals surface area contributed by atoms with Gasteiger partial charge in [-0.1, -0.05) is 18.2 Å². The number of thioether (sulfide) groups is 1. The Hall–Kier alpha value is -3.06. The summed E-state index contributed by atoms with van der Waals surface area (Å²) in [7, 11) is 0. The van der Waals surface area contributed by atoms with E-state index in [0.29, 0.717) is 5.69 Å². The molecule has 0 aromatic heterocycles. The van der Waals surface area contributed by atoms with Gasteiger partial charge in [-0.25, -0.2) is 4.79 Å². The van der Waals surface area contributed by atoms with Crippen LogP contribution in [0.3, 0.4) is 0 Å². The maximum absolute atomic E-state index is 12.5. The number of carboxylic acids is 1. The molecule has 2 amide bonds. The van der Waals surface area contributed by atoms with Gasteiger partial charge in [0.1, 0.15) is 0 Å².